The Labute approximate surface area is 267 Å². The van der Waals surface area contributed by atoms with Gasteiger partial charge < -0.3 is 33.2 Å². The fourth-order valence-electron chi connectivity index (χ4n) is 6.54. The van der Waals surface area contributed by atoms with E-state index in [1.54, 1.807) is 36.4 Å². The average molecular weight is 645 g/mol. The largest absolute Gasteiger partial charge is 0.493 e. The van der Waals surface area contributed by atoms with Crippen molar-refractivity contribution in [3.63, 3.8) is 0 Å². The maximum atomic E-state index is 13.4. The Morgan fingerprint density at radius 3 is 2.40 bits per heavy atom. The van der Waals surface area contributed by atoms with Crippen LogP contribution in [0.25, 0.3) is 11.3 Å². The molecule has 47 heavy (non-hydrogen) atoms. The van der Waals surface area contributed by atoms with E-state index in [0.717, 1.165) is 0 Å². The number of cyclic esters (lactones) is 1. The molecule has 4 atom stereocenters. The van der Waals surface area contributed by atoms with Gasteiger partial charge in [-0.2, -0.15) is 0 Å². The number of aromatic nitrogens is 3. The first-order chi connectivity index (χ1) is 22.8. The first kappa shape index (κ1) is 29.8. The Morgan fingerprint density at radius 2 is 1.72 bits per heavy atom. The smallest absolute Gasteiger partial charge is 0.328 e. The summed E-state index contributed by atoms with van der Waals surface area (Å²) >= 11 is 0. The zero-order chi connectivity index (χ0) is 32.8. The lowest BCUT2D eigenvalue weighted by molar-refractivity contribution is -0.384. The van der Waals surface area contributed by atoms with Gasteiger partial charge in [-0.1, -0.05) is 17.3 Å². The van der Waals surface area contributed by atoms with Gasteiger partial charge in [-0.25, -0.2) is 4.68 Å². The number of methoxy groups -OCH3 is 3. The van der Waals surface area contributed by atoms with Gasteiger partial charge in [-0.3, -0.25) is 19.7 Å². The molecule has 242 valence electrons. The summed E-state index contributed by atoms with van der Waals surface area (Å²) in [6.07, 6.45) is 0.625. The van der Waals surface area contributed by atoms with Crippen molar-refractivity contribution in [2.75, 3.05) is 34.7 Å². The fourth-order valence-corrected chi connectivity index (χ4v) is 6.54. The molecule has 4 aromatic rings. The van der Waals surface area contributed by atoms with E-state index in [1.807, 2.05) is 0 Å². The minimum absolute atomic E-state index is 0.0195. The van der Waals surface area contributed by atoms with Gasteiger partial charge in [0.2, 0.25) is 12.5 Å². The number of hydrogen-bond acceptors (Lipinski definition) is 13. The van der Waals surface area contributed by atoms with Gasteiger partial charge in [0.05, 0.1) is 45.0 Å². The number of carbonyl (C=O) groups excluding carboxylic acids is 2. The maximum absolute atomic E-state index is 13.4. The lowest BCUT2D eigenvalue weighted by Gasteiger charge is -2.38. The van der Waals surface area contributed by atoms with Crippen molar-refractivity contribution in [3.8, 4) is 40.0 Å². The van der Waals surface area contributed by atoms with Crippen molar-refractivity contribution >= 4 is 17.6 Å². The Balaban J connectivity index is 1.24. The standard InChI is InChI=1S/C32H28N4O11/c1-41-25-8-17(9-26(42-2)31(25)43-3)28-19-10-23-24(46-15-45-23)11-20(19)30(21-14-44-32(38)29(21)28)47-27(37)13-35-12-22(33-34-35)16-5-4-6-18(7-16)36(39)40/h4-12,21,28-30H,13-15H2,1-3H3/t21-,28+,29-,30-/m0/s1. The van der Waals surface area contributed by atoms with Gasteiger partial charge in [-0.05, 0) is 35.4 Å². The van der Waals surface area contributed by atoms with Crippen LogP contribution >= 0.6 is 0 Å². The monoisotopic (exact) mass is 644 g/mol. The van der Waals surface area contributed by atoms with E-state index in [9.17, 15) is 19.7 Å². The highest BCUT2D eigenvalue weighted by Gasteiger charge is 2.54. The third-order valence-electron chi connectivity index (χ3n) is 8.61. The van der Waals surface area contributed by atoms with Crippen LogP contribution in [-0.2, 0) is 25.6 Å². The molecule has 3 heterocycles. The molecular formula is C32H28N4O11. The predicted molar refractivity (Wildman–Crippen MR) is 159 cm³/mol. The first-order valence-electron chi connectivity index (χ1n) is 14.5. The maximum Gasteiger partial charge on any atom is 0.328 e. The van der Waals surface area contributed by atoms with Crippen molar-refractivity contribution < 1.29 is 47.7 Å². The number of carbonyl (C=O) groups is 2. The second kappa shape index (κ2) is 11.8. The van der Waals surface area contributed by atoms with Crippen LogP contribution in [0.5, 0.6) is 28.7 Å². The molecule has 1 aromatic heterocycles. The van der Waals surface area contributed by atoms with Gasteiger partial charge in [-0.15, -0.1) is 5.10 Å². The van der Waals surface area contributed by atoms with Crippen LogP contribution in [0.15, 0.2) is 54.7 Å². The second-order valence-electron chi connectivity index (χ2n) is 11.1. The Kier molecular flexibility index (Phi) is 7.50. The predicted octanol–water partition coefficient (Wildman–Crippen LogP) is 3.83. The van der Waals surface area contributed by atoms with E-state index >= 15 is 0 Å². The normalized spacial score (nSPS) is 20.5. The number of esters is 2. The van der Waals surface area contributed by atoms with Crippen molar-refractivity contribution in [1.29, 1.82) is 0 Å². The zero-order valence-corrected chi connectivity index (χ0v) is 25.4. The molecule has 0 unspecified atom stereocenters. The quantitative estimate of drug-likeness (QED) is 0.146. The Bertz CT molecular complexity index is 1880. The van der Waals surface area contributed by atoms with Gasteiger partial charge in [0.15, 0.2) is 23.0 Å². The summed E-state index contributed by atoms with van der Waals surface area (Å²) in [4.78, 5) is 37.6. The molecule has 15 heteroatoms. The second-order valence-corrected chi connectivity index (χ2v) is 11.1. The van der Waals surface area contributed by atoms with E-state index in [-0.39, 0.29) is 25.6 Å². The Morgan fingerprint density at radius 1 is 1.00 bits per heavy atom. The number of ether oxygens (including phenoxy) is 7. The van der Waals surface area contributed by atoms with Gasteiger partial charge in [0, 0.05) is 35.1 Å². The minimum Gasteiger partial charge on any atom is -0.493 e. The summed E-state index contributed by atoms with van der Waals surface area (Å²) < 4.78 is 41.1. The number of hydrogen-bond donors (Lipinski definition) is 0. The highest BCUT2D eigenvalue weighted by atomic mass is 16.7. The summed E-state index contributed by atoms with van der Waals surface area (Å²) in [5.74, 6) is -0.682. The van der Waals surface area contributed by atoms with Crippen LogP contribution in [0.2, 0.25) is 0 Å². The van der Waals surface area contributed by atoms with Crippen molar-refractivity contribution in [1.82, 2.24) is 15.0 Å². The van der Waals surface area contributed by atoms with E-state index in [1.165, 1.54) is 44.3 Å². The van der Waals surface area contributed by atoms with Gasteiger partial charge in [0.1, 0.15) is 18.3 Å². The lowest BCUT2D eigenvalue weighted by atomic mass is 9.66. The molecule has 0 N–H and O–H groups in total. The average Bonchev–Trinajstić information content (AvgIpc) is 3.83. The molecule has 3 aromatic carbocycles. The number of nitrogens with zero attached hydrogens (tertiary/aromatic N) is 4. The molecular weight excluding hydrogens is 616 g/mol. The van der Waals surface area contributed by atoms with E-state index in [0.29, 0.717) is 56.7 Å². The van der Waals surface area contributed by atoms with Crippen molar-refractivity contribution in [3.05, 3.63) is 81.5 Å². The fraction of sp³-hybridized carbons (Fsp3) is 0.312. The molecule has 7 rings (SSSR count). The van der Waals surface area contributed by atoms with Crippen molar-refractivity contribution in [2.45, 2.75) is 18.6 Å². The number of fused-ring (bicyclic) bond motifs is 3. The number of nitro benzene ring substituents is 1. The van der Waals surface area contributed by atoms with Crippen LogP contribution in [0, 0.1) is 22.0 Å². The highest BCUT2D eigenvalue weighted by molar-refractivity contribution is 5.79. The minimum atomic E-state index is -0.874. The van der Waals surface area contributed by atoms with E-state index < -0.39 is 40.7 Å². The van der Waals surface area contributed by atoms with E-state index in [4.69, 9.17) is 33.2 Å². The number of benzene rings is 3. The molecule has 0 amide bonds. The molecule has 3 aliphatic rings. The third kappa shape index (κ3) is 5.18. The molecule has 1 saturated heterocycles. The molecule has 1 fully saturated rings. The topological polar surface area (TPSA) is 173 Å². The molecule has 15 nitrogen and oxygen atoms in total. The van der Waals surface area contributed by atoms with Crippen LogP contribution in [0.3, 0.4) is 0 Å². The molecule has 0 bridgehead atoms. The van der Waals surface area contributed by atoms with Crippen LogP contribution in [0.1, 0.15) is 28.7 Å². The van der Waals surface area contributed by atoms with E-state index in [2.05, 4.69) is 10.3 Å². The lowest BCUT2D eigenvalue weighted by Crippen LogP contribution is -2.37. The SMILES string of the molecule is COc1cc([C@@H]2c3cc4c(cc3[C@H](OC(=O)Cn3cc(-c5cccc([N+](=O)[O-])c5)nn3)[C@H]3COC(=O)[C@H]23)OCO4)cc(OC)c1OC. The first-order valence-corrected chi connectivity index (χ1v) is 14.5. The number of rotatable bonds is 9. The highest BCUT2D eigenvalue weighted by Crippen LogP contribution is 2.56. The van der Waals surface area contributed by atoms with Gasteiger partial charge in [0.25, 0.3) is 5.69 Å². The summed E-state index contributed by atoms with van der Waals surface area (Å²) in [5.41, 5.74) is 2.75. The molecule has 1 aliphatic carbocycles. The molecule has 0 saturated carbocycles. The molecule has 0 radical (unpaired) electrons. The summed E-state index contributed by atoms with van der Waals surface area (Å²) in [6, 6.07) is 13.1. The van der Waals surface area contributed by atoms with Gasteiger partial charge >= 0.3 is 11.9 Å². The zero-order valence-electron chi connectivity index (χ0n) is 25.4. The summed E-state index contributed by atoms with van der Waals surface area (Å²) in [5, 5.41) is 19.3. The van der Waals surface area contributed by atoms with Crippen molar-refractivity contribution in [2.24, 2.45) is 11.8 Å². The number of non-ortho nitro benzene ring substituents is 1. The Hall–Kier alpha value is -5.86. The molecule has 2 aliphatic heterocycles. The summed E-state index contributed by atoms with van der Waals surface area (Å²) in [6.45, 7) is -0.261. The van der Waals surface area contributed by atoms with Crippen LogP contribution in [-0.4, -0.2) is 66.6 Å². The van der Waals surface area contributed by atoms with Crippen LogP contribution < -0.4 is 23.7 Å². The molecule has 0 spiro atoms. The van der Waals surface area contributed by atoms with Crippen LogP contribution in [0.4, 0.5) is 5.69 Å². The summed E-state index contributed by atoms with van der Waals surface area (Å²) in [7, 11) is 4.53. The third-order valence-corrected chi connectivity index (χ3v) is 8.61. The number of nitro groups is 1.